The molecule has 0 aliphatic heterocycles. The van der Waals surface area contributed by atoms with E-state index in [0.717, 1.165) is 5.56 Å². The van der Waals surface area contributed by atoms with E-state index < -0.39 is 0 Å². The number of methoxy groups -OCH3 is 1. The van der Waals surface area contributed by atoms with Gasteiger partial charge >= 0.3 is 0 Å². The average Bonchev–Trinajstić information content (AvgIpc) is 2.50. The number of carbonyl (C=O) groups excluding carboxylic acids is 1. The largest absolute Gasteiger partial charge is 0.506 e. The summed E-state index contributed by atoms with van der Waals surface area (Å²) in [6.07, 6.45) is 0. The molecule has 0 saturated carbocycles. The number of aromatic hydroxyl groups is 1. The topological polar surface area (TPSA) is 70.6 Å². The Morgan fingerprint density at radius 1 is 1.23 bits per heavy atom. The van der Waals surface area contributed by atoms with Crippen molar-refractivity contribution in [3.63, 3.8) is 0 Å². The highest BCUT2D eigenvalue weighted by Crippen LogP contribution is 2.23. The normalized spacial score (nSPS) is 9.91. The van der Waals surface area contributed by atoms with Crippen LogP contribution in [-0.2, 0) is 0 Å². The predicted molar refractivity (Wildman–Crippen MR) is 89.5 cm³/mol. The van der Waals surface area contributed by atoms with Gasteiger partial charge in [0.25, 0.3) is 5.91 Å². The second-order valence-electron chi connectivity index (χ2n) is 4.63. The molecule has 0 unspecified atom stereocenters. The summed E-state index contributed by atoms with van der Waals surface area (Å²) in [5.41, 5.74) is 1.73. The molecule has 0 aromatic heterocycles. The third-order valence-corrected chi connectivity index (χ3v) is 3.18. The summed E-state index contributed by atoms with van der Waals surface area (Å²) in [5, 5.41) is 15.2. The molecule has 2 aromatic rings. The lowest BCUT2D eigenvalue weighted by atomic mass is 10.2. The predicted octanol–water partition coefficient (Wildman–Crippen LogP) is 2.84. The van der Waals surface area contributed by atoms with Crippen LogP contribution in [0, 0.1) is 6.92 Å². The number of carbonyl (C=O) groups is 1. The molecule has 0 aliphatic rings. The van der Waals surface area contributed by atoms with Gasteiger partial charge in [0.05, 0.1) is 18.4 Å². The van der Waals surface area contributed by atoms with Gasteiger partial charge < -0.3 is 15.2 Å². The fourth-order valence-corrected chi connectivity index (χ4v) is 2.11. The number of anilines is 1. The maximum atomic E-state index is 12.2. The molecule has 0 fully saturated rings. The summed E-state index contributed by atoms with van der Waals surface area (Å²) >= 11 is 5.09. The van der Waals surface area contributed by atoms with Crippen LogP contribution in [-0.4, -0.2) is 23.2 Å². The van der Waals surface area contributed by atoms with Crippen LogP contribution < -0.4 is 15.4 Å². The van der Waals surface area contributed by atoms with Crippen LogP contribution in [0.5, 0.6) is 11.5 Å². The molecule has 0 spiro atoms. The van der Waals surface area contributed by atoms with Gasteiger partial charge in [0.15, 0.2) is 5.11 Å². The van der Waals surface area contributed by atoms with Crippen molar-refractivity contribution in [3.05, 3.63) is 53.6 Å². The molecular formula is C16H16N2O3S. The van der Waals surface area contributed by atoms with Crippen molar-refractivity contribution in [2.24, 2.45) is 0 Å². The minimum atomic E-state index is -0.387. The Labute approximate surface area is 133 Å². The third-order valence-electron chi connectivity index (χ3n) is 2.98. The minimum absolute atomic E-state index is 0.0638. The van der Waals surface area contributed by atoms with Crippen molar-refractivity contribution >= 4 is 28.9 Å². The van der Waals surface area contributed by atoms with Crippen molar-refractivity contribution in [2.75, 3.05) is 12.4 Å². The van der Waals surface area contributed by atoms with E-state index in [4.69, 9.17) is 17.0 Å². The number of rotatable bonds is 3. The van der Waals surface area contributed by atoms with Gasteiger partial charge in [-0.1, -0.05) is 18.2 Å². The molecule has 0 saturated heterocycles. The zero-order valence-corrected chi connectivity index (χ0v) is 13.0. The Bertz CT molecular complexity index is 716. The molecule has 0 bridgehead atoms. The van der Waals surface area contributed by atoms with Gasteiger partial charge in [0.1, 0.15) is 11.5 Å². The molecule has 0 radical (unpaired) electrons. The summed E-state index contributed by atoms with van der Waals surface area (Å²) < 4.78 is 5.13. The van der Waals surface area contributed by atoms with Crippen LogP contribution in [0.1, 0.15) is 15.9 Å². The van der Waals surface area contributed by atoms with Gasteiger partial charge in [0.2, 0.25) is 0 Å². The van der Waals surface area contributed by atoms with Gasteiger partial charge in [-0.25, -0.2) is 0 Å². The summed E-state index contributed by atoms with van der Waals surface area (Å²) in [7, 11) is 1.49. The van der Waals surface area contributed by atoms with Crippen molar-refractivity contribution in [1.29, 1.82) is 0 Å². The molecule has 3 N–H and O–H groups in total. The first kappa shape index (κ1) is 15.8. The van der Waals surface area contributed by atoms with E-state index in [0.29, 0.717) is 17.0 Å². The van der Waals surface area contributed by atoms with E-state index >= 15 is 0 Å². The highest BCUT2D eigenvalue weighted by Gasteiger charge is 2.13. The number of nitrogens with one attached hydrogen (secondary N) is 2. The molecule has 6 heteroatoms. The van der Waals surface area contributed by atoms with Gasteiger partial charge in [0, 0.05) is 0 Å². The molecule has 0 aliphatic carbocycles. The quantitative estimate of drug-likeness (QED) is 0.600. The summed E-state index contributed by atoms with van der Waals surface area (Å²) in [6, 6.07) is 12.0. The Kier molecular flexibility index (Phi) is 4.95. The number of ether oxygens (including phenoxy) is 1. The molecule has 2 aromatic carbocycles. The number of phenolic OH excluding ortho intramolecular Hbond substituents is 1. The first-order valence-corrected chi connectivity index (χ1v) is 6.97. The van der Waals surface area contributed by atoms with E-state index in [1.54, 1.807) is 36.4 Å². The van der Waals surface area contributed by atoms with Gasteiger partial charge in [-0.15, -0.1) is 0 Å². The summed E-state index contributed by atoms with van der Waals surface area (Å²) in [4.78, 5) is 12.2. The number of para-hydroxylation sites is 1. The SMILES string of the molecule is COc1ccccc1C(=O)NC(=S)Nc1ccc(C)cc1O. The van der Waals surface area contributed by atoms with E-state index in [-0.39, 0.29) is 16.8 Å². The Hall–Kier alpha value is -2.60. The molecule has 5 nitrogen and oxygen atoms in total. The van der Waals surface area contributed by atoms with Gasteiger partial charge in [-0.2, -0.15) is 0 Å². The second kappa shape index (κ2) is 6.91. The van der Waals surface area contributed by atoms with Crippen molar-refractivity contribution in [1.82, 2.24) is 5.32 Å². The number of benzene rings is 2. The molecule has 2 rings (SSSR count). The minimum Gasteiger partial charge on any atom is -0.506 e. The maximum Gasteiger partial charge on any atom is 0.261 e. The number of hydrogen-bond acceptors (Lipinski definition) is 4. The number of hydrogen-bond donors (Lipinski definition) is 3. The van der Waals surface area contributed by atoms with Crippen molar-refractivity contribution in [2.45, 2.75) is 6.92 Å². The zero-order valence-electron chi connectivity index (χ0n) is 12.2. The third kappa shape index (κ3) is 3.73. The van der Waals surface area contributed by atoms with E-state index in [1.165, 1.54) is 7.11 Å². The lowest BCUT2D eigenvalue weighted by Gasteiger charge is -2.12. The van der Waals surface area contributed by atoms with Crippen molar-refractivity contribution in [3.8, 4) is 11.5 Å². The Morgan fingerprint density at radius 3 is 2.64 bits per heavy atom. The fraction of sp³-hybridized carbons (Fsp3) is 0.125. The number of thiocarbonyl (C=S) groups is 1. The van der Waals surface area contributed by atoms with Crippen LogP contribution in [0.2, 0.25) is 0 Å². The van der Waals surface area contributed by atoms with E-state index in [1.807, 2.05) is 13.0 Å². The lowest BCUT2D eigenvalue weighted by molar-refractivity contribution is 0.0974. The van der Waals surface area contributed by atoms with Crippen LogP contribution >= 0.6 is 12.2 Å². The second-order valence-corrected chi connectivity index (χ2v) is 5.04. The monoisotopic (exact) mass is 316 g/mol. The molecule has 114 valence electrons. The standard InChI is InChI=1S/C16H16N2O3S/c1-10-7-8-12(13(19)9-10)17-16(22)18-15(20)11-5-3-4-6-14(11)21-2/h3-9,19H,1-2H3,(H2,17,18,20,22). The average molecular weight is 316 g/mol. The Balaban J connectivity index is 2.07. The smallest absolute Gasteiger partial charge is 0.261 e. The molecule has 0 atom stereocenters. The molecule has 0 heterocycles. The number of phenols is 1. The number of amides is 1. The molecule has 1 amide bonds. The highest BCUT2D eigenvalue weighted by molar-refractivity contribution is 7.80. The summed E-state index contributed by atoms with van der Waals surface area (Å²) in [5.74, 6) is 0.136. The Morgan fingerprint density at radius 2 is 1.95 bits per heavy atom. The lowest BCUT2D eigenvalue weighted by Crippen LogP contribution is -2.34. The highest BCUT2D eigenvalue weighted by atomic mass is 32.1. The first-order valence-electron chi connectivity index (χ1n) is 6.56. The number of aryl methyl sites for hydroxylation is 1. The van der Waals surface area contributed by atoms with E-state index in [2.05, 4.69) is 10.6 Å². The van der Waals surface area contributed by atoms with Gasteiger partial charge in [-0.3, -0.25) is 10.1 Å². The fourth-order valence-electron chi connectivity index (χ4n) is 1.90. The zero-order chi connectivity index (χ0) is 16.1. The molecule has 22 heavy (non-hydrogen) atoms. The first-order chi connectivity index (χ1) is 10.5. The van der Waals surface area contributed by atoms with Crippen LogP contribution in [0.4, 0.5) is 5.69 Å². The van der Waals surface area contributed by atoms with E-state index in [9.17, 15) is 9.90 Å². The van der Waals surface area contributed by atoms with Crippen LogP contribution in [0.15, 0.2) is 42.5 Å². The summed E-state index contributed by atoms with van der Waals surface area (Å²) in [6.45, 7) is 1.87. The van der Waals surface area contributed by atoms with Crippen molar-refractivity contribution < 1.29 is 14.6 Å². The maximum absolute atomic E-state index is 12.2. The van der Waals surface area contributed by atoms with Crippen LogP contribution in [0.3, 0.4) is 0 Å². The van der Waals surface area contributed by atoms with Crippen LogP contribution in [0.25, 0.3) is 0 Å². The molecular weight excluding hydrogens is 300 g/mol. The van der Waals surface area contributed by atoms with Gasteiger partial charge in [-0.05, 0) is 49.0 Å².